The topological polar surface area (TPSA) is 66.9 Å². The second-order valence-electron chi connectivity index (χ2n) is 2.45. The molecule has 72 valence electrons. The summed E-state index contributed by atoms with van der Waals surface area (Å²) in [5.74, 6) is 0. The molecule has 0 spiro atoms. The number of halogens is 1. The molecule has 1 rings (SSSR count). The molecule has 0 aliphatic heterocycles. The van der Waals surface area contributed by atoms with Crippen LogP contribution in [0, 0.1) is 21.4 Å². The van der Waals surface area contributed by atoms with Crippen LogP contribution >= 0.6 is 22.9 Å². The molecule has 1 heterocycles. The summed E-state index contributed by atoms with van der Waals surface area (Å²) in [5.41, 5.74) is 0.350. The predicted octanol–water partition coefficient (Wildman–Crippen LogP) is 3.15. The minimum atomic E-state index is -0.486. The van der Waals surface area contributed by atoms with E-state index in [2.05, 4.69) is 0 Å². The molecule has 4 nitrogen and oxygen atoms in total. The first-order chi connectivity index (χ1) is 6.56. The Balaban J connectivity index is 3.11. The molecular formula is C8H5ClN2O2S. The Morgan fingerprint density at radius 2 is 2.36 bits per heavy atom. The number of nitriles is 1. The van der Waals surface area contributed by atoms with Gasteiger partial charge in [0.1, 0.15) is 0 Å². The lowest BCUT2D eigenvalue weighted by Crippen LogP contribution is -1.80. The van der Waals surface area contributed by atoms with Gasteiger partial charge in [-0.25, -0.2) is 0 Å². The third-order valence-corrected chi connectivity index (χ3v) is 3.14. The quantitative estimate of drug-likeness (QED) is 0.444. The molecule has 6 heteroatoms. The van der Waals surface area contributed by atoms with E-state index in [0.717, 1.165) is 11.3 Å². The van der Waals surface area contributed by atoms with Crippen LogP contribution in [0.2, 0.25) is 0 Å². The molecule has 1 aromatic rings. The summed E-state index contributed by atoms with van der Waals surface area (Å²) < 4.78 is 0. The second-order valence-corrected chi connectivity index (χ2v) is 3.89. The average molecular weight is 229 g/mol. The van der Waals surface area contributed by atoms with Gasteiger partial charge in [0, 0.05) is 11.6 Å². The fourth-order valence-corrected chi connectivity index (χ4v) is 1.81. The lowest BCUT2D eigenvalue weighted by Gasteiger charge is -1.92. The molecule has 0 fully saturated rings. The van der Waals surface area contributed by atoms with Gasteiger partial charge in [-0.3, -0.25) is 10.1 Å². The van der Waals surface area contributed by atoms with E-state index in [4.69, 9.17) is 16.9 Å². The van der Waals surface area contributed by atoms with E-state index in [0.29, 0.717) is 10.5 Å². The maximum absolute atomic E-state index is 10.4. The summed E-state index contributed by atoms with van der Waals surface area (Å²) in [4.78, 5) is 10.4. The molecule has 0 atom stereocenters. The maximum Gasteiger partial charge on any atom is 0.324 e. The van der Waals surface area contributed by atoms with Crippen molar-refractivity contribution in [3.63, 3.8) is 0 Å². The molecule has 0 saturated heterocycles. The molecule has 14 heavy (non-hydrogen) atoms. The lowest BCUT2D eigenvalue weighted by molar-refractivity contribution is -0.380. The number of thiophene rings is 1. The molecule has 0 unspecified atom stereocenters. The first-order valence-electron chi connectivity index (χ1n) is 3.57. The van der Waals surface area contributed by atoms with Gasteiger partial charge in [0.2, 0.25) is 0 Å². The number of nitrogens with zero attached hydrogens (tertiary/aromatic N) is 2. The molecular weight excluding hydrogens is 224 g/mol. The molecule has 0 aliphatic carbocycles. The zero-order chi connectivity index (χ0) is 10.7. The van der Waals surface area contributed by atoms with E-state index in [1.807, 2.05) is 6.07 Å². The van der Waals surface area contributed by atoms with Gasteiger partial charge < -0.3 is 0 Å². The van der Waals surface area contributed by atoms with Gasteiger partial charge in [-0.05, 0) is 13.0 Å². The van der Waals surface area contributed by atoms with E-state index in [-0.39, 0.29) is 10.0 Å². The summed E-state index contributed by atoms with van der Waals surface area (Å²) in [6, 6.07) is 4.79. The molecule has 0 amide bonds. The monoisotopic (exact) mass is 228 g/mol. The van der Waals surface area contributed by atoms with Crippen molar-refractivity contribution < 1.29 is 4.92 Å². The SMILES string of the molecule is C/C(C#N)=C(/Cl)c1ccc([N+](=O)[O-])s1. The third-order valence-electron chi connectivity index (χ3n) is 1.49. The van der Waals surface area contributed by atoms with Gasteiger partial charge in [0.15, 0.2) is 0 Å². The Morgan fingerprint density at radius 1 is 1.71 bits per heavy atom. The molecule has 0 bridgehead atoms. The van der Waals surface area contributed by atoms with Gasteiger partial charge in [-0.1, -0.05) is 22.9 Å². The van der Waals surface area contributed by atoms with Crippen molar-refractivity contribution in [2.24, 2.45) is 0 Å². The molecule has 1 aromatic heterocycles. The number of hydrogen-bond donors (Lipinski definition) is 0. The maximum atomic E-state index is 10.4. The van der Waals surface area contributed by atoms with Gasteiger partial charge >= 0.3 is 5.00 Å². The Bertz CT molecular complexity index is 444. The van der Waals surface area contributed by atoms with Crippen molar-refractivity contribution in [2.45, 2.75) is 6.92 Å². The van der Waals surface area contributed by atoms with E-state index >= 15 is 0 Å². The van der Waals surface area contributed by atoms with Crippen molar-refractivity contribution >= 4 is 33.0 Å². The summed E-state index contributed by atoms with van der Waals surface area (Å²) in [7, 11) is 0. The highest BCUT2D eigenvalue weighted by Crippen LogP contribution is 2.33. The van der Waals surface area contributed by atoms with E-state index < -0.39 is 4.92 Å². The van der Waals surface area contributed by atoms with Crippen molar-refractivity contribution in [1.82, 2.24) is 0 Å². The molecule has 0 aromatic carbocycles. The largest absolute Gasteiger partial charge is 0.324 e. The number of hydrogen-bond acceptors (Lipinski definition) is 4. The van der Waals surface area contributed by atoms with Crippen LogP contribution in [0.5, 0.6) is 0 Å². The first-order valence-corrected chi connectivity index (χ1v) is 4.76. The standard InChI is InChI=1S/C8H5ClN2O2S/c1-5(4-10)8(9)6-2-3-7(14-6)11(12)13/h2-3H,1H3/b8-5-. The summed E-state index contributed by atoms with van der Waals surface area (Å²) in [6.07, 6.45) is 0. The second kappa shape index (κ2) is 4.22. The molecule has 0 aliphatic rings. The molecule has 0 N–H and O–H groups in total. The van der Waals surface area contributed by atoms with Gasteiger partial charge in [-0.2, -0.15) is 5.26 Å². The fraction of sp³-hybridized carbons (Fsp3) is 0.125. The molecule has 0 radical (unpaired) electrons. The van der Waals surface area contributed by atoms with E-state index in [1.165, 1.54) is 12.1 Å². The van der Waals surface area contributed by atoms with Gasteiger partial charge in [-0.15, -0.1) is 0 Å². The Morgan fingerprint density at radius 3 is 2.79 bits per heavy atom. The summed E-state index contributed by atoms with van der Waals surface area (Å²) in [6.45, 7) is 1.56. The fourth-order valence-electron chi connectivity index (χ4n) is 0.778. The Labute approximate surface area is 89.2 Å². The first kappa shape index (κ1) is 10.7. The van der Waals surface area contributed by atoms with E-state index in [9.17, 15) is 10.1 Å². The van der Waals surface area contributed by atoms with Crippen LogP contribution in [0.1, 0.15) is 11.8 Å². The molecule has 0 saturated carbocycles. The van der Waals surface area contributed by atoms with Crippen molar-refractivity contribution in [2.75, 3.05) is 0 Å². The smallest absolute Gasteiger partial charge is 0.258 e. The Hall–Kier alpha value is -1.38. The highest BCUT2D eigenvalue weighted by Gasteiger charge is 2.12. The number of nitro groups is 1. The van der Waals surface area contributed by atoms with Gasteiger partial charge in [0.05, 0.1) is 20.9 Å². The highest BCUT2D eigenvalue weighted by atomic mass is 35.5. The minimum Gasteiger partial charge on any atom is -0.258 e. The van der Waals surface area contributed by atoms with Crippen LogP contribution in [-0.4, -0.2) is 4.92 Å². The number of allylic oxidation sites excluding steroid dienone is 1. The zero-order valence-electron chi connectivity index (χ0n) is 7.15. The zero-order valence-corrected chi connectivity index (χ0v) is 8.72. The summed E-state index contributed by atoms with van der Waals surface area (Å²) >= 11 is 6.77. The normalized spacial score (nSPS) is 11.8. The predicted molar refractivity (Wildman–Crippen MR) is 55.0 cm³/mol. The van der Waals surface area contributed by atoms with Crippen molar-refractivity contribution in [3.05, 3.63) is 32.7 Å². The van der Waals surface area contributed by atoms with Gasteiger partial charge in [0.25, 0.3) is 0 Å². The van der Waals surface area contributed by atoms with Crippen LogP contribution in [0.3, 0.4) is 0 Å². The van der Waals surface area contributed by atoms with Crippen LogP contribution in [0.4, 0.5) is 5.00 Å². The van der Waals surface area contributed by atoms with Crippen LogP contribution in [0.15, 0.2) is 17.7 Å². The summed E-state index contributed by atoms with van der Waals surface area (Å²) in [5, 5.41) is 19.2. The third kappa shape index (κ3) is 2.10. The van der Waals surface area contributed by atoms with Crippen LogP contribution in [0.25, 0.3) is 5.03 Å². The van der Waals surface area contributed by atoms with Crippen LogP contribution < -0.4 is 0 Å². The lowest BCUT2D eigenvalue weighted by atomic mass is 10.3. The minimum absolute atomic E-state index is 0.0175. The Kier molecular flexibility index (Phi) is 3.23. The number of rotatable bonds is 2. The van der Waals surface area contributed by atoms with Crippen molar-refractivity contribution in [3.8, 4) is 6.07 Å². The van der Waals surface area contributed by atoms with E-state index in [1.54, 1.807) is 6.92 Å². The average Bonchev–Trinajstić information content (AvgIpc) is 2.64. The van der Waals surface area contributed by atoms with Crippen LogP contribution in [-0.2, 0) is 0 Å². The van der Waals surface area contributed by atoms with Crippen molar-refractivity contribution in [1.29, 1.82) is 5.26 Å². The highest BCUT2D eigenvalue weighted by molar-refractivity contribution is 7.17.